The molecule has 142 valence electrons. The monoisotopic (exact) mass is 377 g/mol. The van der Waals surface area contributed by atoms with Crippen LogP contribution in [0.3, 0.4) is 0 Å². The second-order valence-electron chi connectivity index (χ2n) is 7.40. The fourth-order valence-corrected chi connectivity index (χ4v) is 3.09. The predicted octanol–water partition coefficient (Wildman–Crippen LogP) is 3.65. The number of hydrogen-bond donors (Lipinski definition) is 3. The maximum atomic E-state index is 12.5. The highest BCUT2D eigenvalue weighted by Gasteiger charge is 2.23. The van der Waals surface area contributed by atoms with Crippen LogP contribution in [0.15, 0.2) is 41.6 Å². The van der Waals surface area contributed by atoms with Gasteiger partial charge in [0.1, 0.15) is 5.60 Å². The van der Waals surface area contributed by atoms with Crippen molar-refractivity contribution in [1.29, 1.82) is 0 Å². The number of aromatic nitrogens is 2. The highest BCUT2D eigenvalue weighted by Crippen LogP contribution is 2.33. The van der Waals surface area contributed by atoms with E-state index in [1.807, 2.05) is 18.2 Å². The number of ether oxygens (including phenoxy) is 1. The van der Waals surface area contributed by atoms with Crippen LogP contribution in [-0.4, -0.2) is 33.8 Å². The van der Waals surface area contributed by atoms with E-state index < -0.39 is 11.7 Å². The van der Waals surface area contributed by atoms with Gasteiger partial charge in [0.25, 0.3) is 5.91 Å². The molecule has 0 spiro atoms. The lowest BCUT2D eigenvalue weighted by Gasteiger charge is -2.19. The van der Waals surface area contributed by atoms with E-state index in [-0.39, 0.29) is 5.91 Å². The molecule has 8 nitrogen and oxygen atoms in total. The first-order valence-corrected chi connectivity index (χ1v) is 8.76. The lowest BCUT2D eigenvalue weighted by atomic mass is 10.0. The van der Waals surface area contributed by atoms with Gasteiger partial charge in [-0.2, -0.15) is 5.10 Å². The van der Waals surface area contributed by atoms with Crippen molar-refractivity contribution in [2.45, 2.75) is 26.4 Å². The fourth-order valence-electron chi connectivity index (χ4n) is 3.09. The number of amides is 2. The molecule has 3 N–H and O–H groups in total. The number of nitrogens with one attached hydrogen (secondary N) is 3. The third-order valence-corrected chi connectivity index (χ3v) is 4.11. The van der Waals surface area contributed by atoms with Crippen LogP contribution < -0.4 is 10.7 Å². The molecule has 0 saturated carbocycles. The molecular weight excluding hydrogens is 358 g/mol. The molecule has 0 atom stereocenters. The van der Waals surface area contributed by atoms with Crippen molar-refractivity contribution in [3.63, 3.8) is 0 Å². The quantitative estimate of drug-likeness (QED) is 0.633. The van der Waals surface area contributed by atoms with Crippen LogP contribution in [0.4, 0.5) is 10.5 Å². The van der Waals surface area contributed by atoms with Gasteiger partial charge in [-0.1, -0.05) is 6.07 Å². The molecule has 4 rings (SSSR count). The Morgan fingerprint density at radius 1 is 1.21 bits per heavy atom. The van der Waals surface area contributed by atoms with Crippen LogP contribution >= 0.6 is 0 Å². The molecule has 28 heavy (non-hydrogen) atoms. The van der Waals surface area contributed by atoms with Crippen LogP contribution in [0.1, 0.15) is 36.7 Å². The number of aromatic amines is 1. The van der Waals surface area contributed by atoms with Gasteiger partial charge in [-0.05, 0) is 45.0 Å². The molecule has 0 unspecified atom stereocenters. The van der Waals surface area contributed by atoms with Gasteiger partial charge < -0.3 is 9.72 Å². The van der Waals surface area contributed by atoms with Crippen molar-refractivity contribution in [1.82, 2.24) is 15.4 Å². The van der Waals surface area contributed by atoms with Gasteiger partial charge in [0.05, 0.1) is 23.2 Å². The average Bonchev–Trinajstić information content (AvgIpc) is 2.89. The molecule has 3 aromatic rings. The SMILES string of the molecule is CC(C)(C)OC(=O)Nc1cc2c3c(c(-c4ccccn4)[nH]c3c1)C=NNC2=O. The van der Waals surface area contributed by atoms with E-state index in [1.165, 1.54) is 0 Å². The summed E-state index contributed by atoms with van der Waals surface area (Å²) < 4.78 is 5.30. The number of anilines is 1. The number of rotatable bonds is 2. The van der Waals surface area contributed by atoms with Gasteiger partial charge in [-0.15, -0.1) is 0 Å². The molecule has 0 aliphatic carbocycles. The van der Waals surface area contributed by atoms with E-state index in [2.05, 4.69) is 25.8 Å². The number of H-pyrrole nitrogens is 1. The minimum absolute atomic E-state index is 0.362. The Bertz CT molecular complexity index is 1110. The number of carbonyl (C=O) groups excluding carboxylic acids is 2. The minimum atomic E-state index is -0.628. The Kier molecular flexibility index (Phi) is 4.11. The van der Waals surface area contributed by atoms with Crippen LogP contribution in [0.5, 0.6) is 0 Å². The zero-order valence-corrected chi connectivity index (χ0v) is 15.7. The highest BCUT2D eigenvalue weighted by atomic mass is 16.6. The number of benzene rings is 1. The molecule has 0 bridgehead atoms. The van der Waals surface area contributed by atoms with Crippen molar-refractivity contribution in [3.8, 4) is 11.4 Å². The molecular formula is C20H19N5O3. The zero-order chi connectivity index (χ0) is 19.9. The van der Waals surface area contributed by atoms with Crippen LogP contribution in [0.2, 0.25) is 0 Å². The first-order chi connectivity index (χ1) is 13.3. The lowest BCUT2D eigenvalue weighted by molar-refractivity contribution is 0.0635. The second kappa shape index (κ2) is 6.49. The Labute approximate surface area is 161 Å². The Morgan fingerprint density at radius 2 is 2.04 bits per heavy atom. The molecule has 3 heterocycles. The summed E-state index contributed by atoms with van der Waals surface area (Å²) in [5.74, 6) is -0.362. The number of carbonyl (C=O) groups is 2. The van der Waals surface area contributed by atoms with Crippen molar-refractivity contribution in [3.05, 3.63) is 47.7 Å². The van der Waals surface area contributed by atoms with Crippen molar-refractivity contribution in [2.75, 3.05) is 5.32 Å². The summed E-state index contributed by atoms with van der Waals surface area (Å²) in [7, 11) is 0. The maximum Gasteiger partial charge on any atom is 0.412 e. The van der Waals surface area contributed by atoms with Gasteiger partial charge in [-0.3, -0.25) is 15.1 Å². The van der Waals surface area contributed by atoms with Crippen molar-refractivity contribution in [2.24, 2.45) is 5.10 Å². The summed E-state index contributed by atoms with van der Waals surface area (Å²) in [6.45, 7) is 5.35. The zero-order valence-electron chi connectivity index (χ0n) is 15.7. The second-order valence-corrected chi connectivity index (χ2v) is 7.40. The van der Waals surface area contributed by atoms with Crippen molar-refractivity contribution >= 4 is 34.8 Å². The summed E-state index contributed by atoms with van der Waals surface area (Å²) in [5, 5.41) is 7.40. The largest absolute Gasteiger partial charge is 0.444 e. The normalized spacial score (nSPS) is 13.2. The molecule has 0 fully saturated rings. The molecule has 2 aromatic heterocycles. The standard InChI is InChI=1S/C20H19N5O3/c1-20(2,3)28-19(27)23-11-8-12-16-13(10-22-25-18(12)26)17(24-15(16)9-11)14-6-4-5-7-21-14/h4-10,24H,1-3H3,(H,23,27)(H,25,26). The van der Waals surface area contributed by atoms with Crippen LogP contribution in [0.25, 0.3) is 22.3 Å². The Morgan fingerprint density at radius 3 is 2.75 bits per heavy atom. The van der Waals surface area contributed by atoms with E-state index in [0.29, 0.717) is 22.2 Å². The van der Waals surface area contributed by atoms with E-state index in [0.717, 1.165) is 17.0 Å². The van der Waals surface area contributed by atoms with E-state index in [1.54, 1.807) is 45.3 Å². The molecule has 1 aromatic carbocycles. The smallest absolute Gasteiger partial charge is 0.412 e. The van der Waals surface area contributed by atoms with Gasteiger partial charge in [0.15, 0.2) is 0 Å². The Balaban J connectivity index is 1.84. The molecule has 0 saturated heterocycles. The summed E-state index contributed by atoms with van der Waals surface area (Å²) in [6.07, 6.45) is 2.69. The van der Waals surface area contributed by atoms with Crippen LogP contribution in [-0.2, 0) is 4.74 Å². The first kappa shape index (κ1) is 17.7. The summed E-state index contributed by atoms with van der Waals surface area (Å²) >= 11 is 0. The van der Waals surface area contributed by atoms with Gasteiger partial charge in [0, 0.05) is 28.4 Å². The number of hydrogen-bond acceptors (Lipinski definition) is 5. The maximum absolute atomic E-state index is 12.5. The Hall–Kier alpha value is -3.68. The summed E-state index contributed by atoms with van der Waals surface area (Å²) in [4.78, 5) is 32.3. The third kappa shape index (κ3) is 3.32. The molecule has 1 aliphatic heterocycles. The third-order valence-electron chi connectivity index (χ3n) is 4.11. The highest BCUT2D eigenvalue weighted by molar-refractivity contribution is 6.18. The van der Waals surface area contributed by atoms with Crippen LogP contribution in [0, 0.1) is 0 Å². The summed E-state index contributed by atoms with van der Waals surface area (Å²) in [5.41, 5.74) is 5.60. The summed E-state index contributed by atoms with van der Waals surface area (Å²) in [6, 6.07) is 8.95. The van der Waals surface area contributed by atoms with Gasteiger partial charge in [-0.25, -0.2) is 10.2 Å². The van der Waals surface area contributed by atoms with E-state index in [9.17, 15) is 9.59 Å². The molecule has 0 radical (unpaired) electrons. The van der Waals surface area contributed by atoms with E-state index in [4.69, 9.17) is 4.74 Å². The van der Waals surface area contributed by atoms with Gasteiger partial charge in [0.2, 0.25) is 0 Å². The van der Waals surface area contributed by atoms with Gasteiger partial charge >= 0.3 is 6.09 Å². The van der Waals surface area contributed by atoms with E-state index >= 15 is 0 Å². The predicted molar refractivity (Wildman–Crippen MR) is 106 cm³/mol. The van der Waals surface area contributed by atoms with Crippen molar-refractivity contribution < 1.29 is 14.3 Å². The minimum Gasteiger partial charge on any atom is -0.444 e. The number of nitrogens with zero attached hydrogens (tertiary/aromatic N) is 2. The molecule has 1 aliphatic rings. The number of hydrazone groups is 1. The molecule has 2 amide bonds. The fraction of sp³-hybridized carbons (Fsp3) is 0.200. The first-order valence-electron chi connectivity index (χ1n) is 8.76. The lowest BCUT2D eigenvalue weighted by Crippen LogP contribution is -2.27. The number of pyridine rings is 1. The average molecular weight is 377 g/mol. The molecule has 8 heteroatoms. The topological polar surface area (TPSA) is 108 Å².